The fraction of sp³-hybridized carbons (Fsp3) is 0.200. The van der Waals surface area contributed by atoms with Crippen molar-refractivity contribution in [1.82, 2.24) is 25.2 Å². The minimum absolute atomic E-state index is 0.0335. The van der Waals surface area contributed by atoms with Crippen LogP contribution in [-0.4, -0.2) is 31.0 Å². The molecule has 1 N–H and O–H groups in total. The van der Waals surface area contributed by atoms with Crippen molar-refractivity contribution in [3.8, 4) is 11.4 Å². The van der Waals surface area contributed by atoms with E-state index in [9.17, 15) is 4.79 Å². The molecule has 3 rings (SSSR count). The Bertz CT molecular complexity index is 772. The molecule has 106 valence electrons. The van der Waals surface area contributed by atoms with Crippen LogP contribution in [0.3, 0.4) is 0 Å². The van der Waals surface area contributed by atoms with Gasteiger partial charge in [0.25, 0.3) is 0 Å². The first-order valence-electron chi connectivity index (χ1n) is 6.66. The molecule has 1 aromatic carbocycles. The smallest absolute Gasteiger partial charge is 0.204 e. The fourth-order valence-electron chi connectivity index (χ4n) is 2.24. The Balaban J connectivity index is 1.79. The van der Waals surface area contributed by atoms with Gasteiger partial charge in [0.15, 0.2) is 5.78 Å². The van der Waals surface area contributed by atoms with Crippen LogP contribution in [0.1, 0.15) is 21.7 Å². The lowest BCUT2D eigenvalue weighted by molar-refractivity contribution is 0.0961. The lowest BCUT2D eigenvalue weighted by Crippen LogP contribution is -2.13. The number of aryl methyl sites for hydroxylation is 2. The van der Waals surface area contributed by atoms with Crippen LogP contribution in [-0.2, 0) is 6.54 Å². The van der Waals surface area contributed by atoms with Crippen molar-refractivity contribution in [3.63, 3.8) is 0 Å². The molecule has 0 bridgehead atoms. The molecule has 0 aliphatic rings. The van der Waals surface area contributed by atoms with Crippen LogP contribution in [0.25, 0.3) is 11.4 Å². The van der Waals surface area contributed by atoms with Gasteiger partial charge in [-0.25, -0.2) is 0 Å². The summed E-state index contributed by atoms with van der Waals surface area (Å²) in [6.45, 7) is 3.88. The topological polar surface area (TPSA) is 76.5 Å². The standard InChI is InChI=1S/C15H15N5O/c1-10-8-13(11(2)16-10)14(21)9-20-18-15(17-19-20)12-6-4-3-5-7-12/h3-8,16H,9H2,1-2H3. The van der Waals surface area contributed by atoms with E-state index in [-0.39, 0.29) is 12.3 Å². The second-order valence-electron chi connectivity index (χ2n) is 4.92. The first kappa shape index (κ1) is 13.2. The third kappa shape index (κ3) is 2.74. The maximum Gasteiger partial charge on any atom is 0.204 e. The number of tetrazole rings is 1. The van der Waals surface area contributed by atoms with E-state index in [1.807, 2.05) is 50.2 Å². The summed E-state index contributed by atoms with van der Waals surface area (Å²) in [6, 6.07) is 11.4. The second-order valence-corrected chi connectivity index (χ2v) is 4.92. The van der Waals surface area contributed by atoms with E-state index >= 15 is 0 Å². The summed E-state index contributed by atoms with van der Waals surface area (Å²) >= 11 is 0. The van der Waals surface area contributed by atoms with E-state index in [1.54, 1.807) is 0 Å². The molecule has 2 heterocycles. The van der Waals surface area contributed by atoms with Gasteiger partial charge < -0.3 is 4.98 Å². The Kier molecular flexibility index (Phi) is 3.35. The van der Waals surface area contributed by atoms with E-state index in [1.165, 1.54) is 4.80 Å². The van der Waals surface area contributed by atoms with Gasteiger partial charge >= 0.3 is 0 Å². The number of nitrogens with one attached hydrogen (secondary N) is 1. The number of carbonyl (C=O) groups is 1. The van der Waals surface area contributed by atoms with Gasteiger partial charge in [0.2, 0.25) is 5.82 Å². The number of ketones is 1. The highest BCUT2D eigenvalue weighted by atomic mass is 16.1. The van der Waals surface area contributed by atoms with E-state index in [2.05, 4.69) is 20.4 Å². The van der Waals surface area contributed by atoms with Gasteiger partial charge in [0.05, 0.1) is 0 Å². The third-order valence-electron chi connectivity index (χ3n) is 3.22. The molecule has 0 atom stereocenters. The average Bonchev–Trinajstić information content (AvgIpc) is 3.06. The molecule has 0 saturated heterocycles. The van der Waals surface area contributed by atoms with Gasteiger partial charge in [0.1, 0.15) is 6.54 Å². The Morgan fingerprint density at radius 3 is 2.67 bits per heavy atom. The maximum atomic E-state index is 12.2. The van der Waals surface area contributed by atoms with Crippen LogP contribution in [0.15, 0.2) is 36.4 Å². The number of nitrogens with zero attached hydrogens (tertiary/aromatic N) is 4. The van der Waals surface area contributed by atoms with Gasteiger partial charge in [-0.3, -0.25) is 4.79 Å². The number of rotatable bonds is 4. The molecule has 0 unspecified atom stereocenters. The predicted molar refractivity (Wildman–Crippen MR) is 77.9 cm³/mol. The summed E-state index contributed by atoms with van der Waals surface area (Å²) in [5, 5.41) is 12.2. The number of hydrogen-bond acceptors (Lipinski definition) is 4. The first-order valence-corrected chi connectivity index (χ1v) is 6.66. The summed E-state index contributed by atoms with van der Waals surface area (Å²) in [5.41, 5.74) is 3.38. The SMILES string of the molecule is Cc1cc(C(=O)Cn2nnc(-c3ccccc3)n2)c(C)[nH]1. The van der Waals surface area contributed by atoms with Gasteiger partial charge in [-0.05, 0) is 25.1 Å². The van der Waals surface area contributed by atoms with Crippen molar-refractivity contribution in [2.75, 3.05) is 0 Å². The summed E-state index contributed by atoms with van der Waals surface area (Å²) in [4.78, 5) is 16.7. The Morgan fingerprint density at radius 1 is 1.24 bits per heavy atom. The van der Waals surface area contributed by atoms with Crippen LogP contribution < -0.4 is 0 Å². The largest absolute Gasteiger partial charge is 0.362 e. The molecule has 0 amide bonds. The Morgan fingerprint density at radius 2 is 2.00 bits per heavy atom. The van der Waals surface area contributed by atoms with E-state index < -0.39 is 0 Å². The molecule has 21 heavy (non-hydrogen) atoms. The van der Waals surface area contributed by atoms with Crippen molar-refractivity contribution >= 4 is 5.78 Å². The average molecular weight is 281 g/mol. The molecule has 0 aliphatic heterocycles. The third-order valence-corrected chi connectivity index (χ3v) is 3.22. The molecule has 2 aromatic heterocycles. The van der Waals surface area contributed by atoms with Gasteiger partial charge in [0, 0.05) is 22.5 Å². The molecule has 0 radical (unpaired) electrons. The van der Waals surface area contributed by atoms with Crippen LogP contribution in [0.4, 0.5) is 0 Å². The van der Waals surface area contributed by atoms with Crippen molar-refractivity contribution in [2.24, 2.45) is 0 Å². The lowest BCUT2D eigenvalue weighted by atomic mass is 10.1. The van der Waals surface area contributed by atoms with Gasteiger partial charge in [-0.15, -0.1) is 10.2 Å². The summed E-state index contributed by atoms with van der Waals surface area (Å²) in [5.74, 6) is 0.485. The van der Waals surface area contributed by atoms with Crippen LogP contribution >= 0.6 is 0 Å². The molecule has 6 heteroatoms. The second kappa shape index (κ2) is 5.32. The van der Waals surface area contributed by atoms with Crippen LogP contribution in [0.2, 0.25) is 0 Å². The quantitative estimate of drug-likeness (QED) is 0.743. The monoisotopic (exact) mass is 281 g/mol. The maximum absolute atomic E-state index is 12.2. The number of aromatic nitrogens is 5. The van der Waals surface area contributed by atoms with Gasteiger partial charge in [-0.1, -0.05) is 30.3 Å². The molecular weight excluding hydrogens is 266 g/mol. The molecule has 0 fully saturated rings. The molecule has 0 spiro atoms. The zero-order valence-electron chi connectivity index (χ0n) is 11.9. The first-order chi connectivity index (χ1) is 10.1. The van der Waals surface area contributed by atoms with Crippen molar-refractivity contribution in [1.29, 1.82) is 0 Å². The summed E-state index contributed by atoms with van der Waals surface area (Å²) in [6.07, 6.45) is 0. The summed E-state index contributed by atoms with van der Waals surface area (Å²) < 4.78 is 0. The van der Waals surface area contributed by atoms with Gasteiger partial charge in [-0.2, -0.15) is 4.80 Å². The number of benzene rings is 1. The van der Waals surface area contributed by atoms with E-state index in [4.69, 9.17) is 0 Å². The Labute approximate surface area is 121 Å². The molecular formula is C15H15N5O. The highest BCUT2D eigenvalue weighted by molar-refractivity contribution is 5.97. The molecule has 3 aromatic rings. The number of hydrogen-bond donors (Lipinski definition) is 1. The van der Waals surface area contributed by atoms with Crippen molar-refractivity contribution < 1.29 is 4.79 Å². The highest BCUT2D eigenvalue weighted by Gasteiger charge is 2.14. The zero-order chi connectivity index (χ0) is 14.8. The molecule has 0 aliphatic carbocycles. The van der Waals surface area contributed by atoms with Crippen molar-refractivity contribution in [3.05, 3.63) is 53.3 Å². The fourth-order valence-corrected chi connectivity index (χ4v) is 2.24. The van der Waals surface area contributed by atoms with Crippen LogP contribution in [0, 0.1) is 13.8 Å². The van der Waals surface area contributed by atoms with Crippen molar-refractivity contribution in [2.45, 2.75) is 20.4 Å². The van der Waals surface area contributed by atoms with E-state index in [0.717, 1.165) is 17.0 Å². The summed E-state index contributed by atoms with van der Waals surface area (Å²) in [7, 11) is 0. The lowest BCUT2D eigenvalue weighted by Gasteiger charge is -1.98. The number of Topliss-reactive ketones (excluding diaryl/α,β-unsaturated/α-hetero) is 1. The number of aromatic amines is 1. The predicted octanol–water partition coefficient (Wildman–Crippen LogP) is 2.17. The normalized spacial score (nSPS) is 10.8. The Hall–Kier alpha value is -2.76. The molecule has 6 nitrogen and oxygen atoms in total. The number of carbonyl (C=O) groups excluding carboxylic acids is 1. The van der Waals surface area contributed by atoms with Crippen LogP contribution in [0.5, 0.6) is 0 Å². The minimum Gasteiger partial charge on any atom is -0.362 e. The minimum atomic E-state index is -0.0335. The zero-order valence-corrected chi connectivity index (χ0v) is 11.9. The van der Waals surface area contributed by atoms with E-state index in [0.29, 0.717) is 11.4 Å². The number of H-pyrrole nitrogens is 1. The molecule has 0 saturated carbocycles. The highest BCUT2D eigenvalue weighted by Crippen LogP contribution is 2.13.